The van der Waals surface area contributed by atoms with Gasteiger partial charge in [0, 0.05) is 0 Å². The molecule has 7 heteroatoms. The molecule has 0 saturated carbocycles. The second kappa shape index (κ2) is 5.78. The number of aromatic nitrogens is 3. The molecule has 2 aromatic carbocycles. The monoisotopic (exact) mass is 336 g/mol. The molecule has 118 valence electrons. The van der Waals surface area contributed by atoms with Crippen LogP contribution in [0.15, 0.2) is 60.8 Å². The zero-order valence-corrected chi connectivity index (χ0v) is 13.2. The molecule has 0 aliphatic heterocycles. The number of aromatic hydroxyl groups is 1. The normalized spacial score (nSPS) is 10.8. The summed E-state index contributed by atoms with van der Waals surface area (Å²) in [5, 5.41) is 17.3. The fourth-order valence-corrected chi connectivity index (χ4v) is 3.18. The van der Waals surface area contributed by atoms with E-state index in [0.717, 1.165) is 15.9 Å². The summed E-state index contributed by atoms with van der Waals surface area (Å²) in [4.78, 5) is 16.7. The summed E-state index contributed by atoms with van der Waals surface area (Å²) in [7, 11) is 0. The van der Waals surface area contributed by atoms with Crippen LogP contribution in [0.25, 0.3) is 15.9 Å². The lowest BCUT2D eigenvalue weighted by Crippen LogP contribution is -2.13. The lowest BCUT2D eigenvalue weighted by Gasteiger charge is -2.00. The summed E-state index contributed by atoms with van der Waals surface area (Å²) in [5.41, 5.74) is 1.53. The van der Waals surface area contributed by atoms with Crippen LogP contribution < -0.4 is 5.32 Å². The van der Waals surface area contributed by atoms with Gasteiger partial charge in [0.2, 0.25) is 0 Å². The summed E-state index contributed by atoms with van der Waals surface area (Å²) < 4.78 is 2.44. The molecular formula is C17H12N4O2S. The summed E-state index contributed by atoms with van der Waals surface area (Å²) in [6.45, 7) is 0. The maximum atomic E-state index is 12.4. The van der Waals surface area contributed by atoms with Gasteiger partial charge in [-0.3, -0.25) is 10.1 Å². The van der Waals surface area contributed by atoms with Gasteiger partial charge in [0.1, 0.15) is 0 Å². The molecule has 0 spiro atoms. The van der Waals surface area contributed by atoms with E-state index in [1.165, 1.54) is 22.2 Å². The molecule has 6 nitrogen and oxygen atoms in total. The molecule has 2 N–H and O–H groups in total. The molecule has 0 atom stereocenters. The maximum absolute atomic E-state index is 12.4. The third-order valence-electron chi connectivity index (χ3n) is 3.45. The number of para-hydroxylation sites is 2. The Morgan fingerprint density at radius 1 is 1.08 bits per heavy atom. The Bertz CT molecular complexity index is 990. The SMILES string of the molecule is O=C(Nc1nc2ccccc2s1)c1nn(-c2ccccc2)cc1O. The Hall–Kier alpha value is -3.19. The third kappa shape index (κ3) is 2.61. The van der Waals surface area contributed by atoms with Gasteiger partial charge in [-0.1, -0.05) is 41.7 Å². The topological polar surface area (TPSA) is 80.0 Å². The van der Waals surface area contributed by atoms with Gasteiger partial charge in [0.25, 0.3) is 5.91 Å². The molecule has 0 fully saturated rings. The predicted molar refractivity (Wildman–Crippen MR) is 92.8 cm³/mol. The minimum atomic E-state index is -0.499. The van der Waals surface area contributed by atoms with Crippen LogP contribution >= 0.6 is 11.3 Å². The summed E-state index contributed by atoms with van der Waals surface area (Å²) >= 11 is 1.37. The van der Waals surface area contributed by atoms with Crippen LogP contribution in [0.1, 0.15) is 10.5 Å². The number of benzene rings is 2. The molecule has 24 heavy (non-hydrogen) atoms. The van der Waals surface area contributed by atoms with Gasteiger partial charge < -0.3 is 5.11 Å². The summed E-state index contributed by atoms with van der Waals surface area (Å²) in [6, 6.07) is 16.9. The van der Waals surface area contributed by atoms with Crippen molar-refractivity contribution in [3.63, 3.8) is 0 Å². The van der Waals surface area contributed by atoms with E-state index in [4.69, 9.17) is 0 Å². The van der Waals surface area contributed by atoms with Crippen molar-refractivity contribution in [3.05, 3.63) is 66.5 Å². The molecule has 0 unspecified atom stereocenters. The Balaban J connectivity index is 1.61. The first-order valence-electron chi connectivity index (χ1n) is 7.22. The van der Waals surface area contributed by atoms with Gasteiger partial charge in [-0.05, 0) is 24.3 Å². The van der Waals surface area contributed by atoms with Crippen molar-refractivity contribution in [1.82, 2.24) is 14.8 Å². The van der Waals surface area contributed by atoms with E-state index in [-0.39, 0.29) is 11.4 Å². The Morgan fingerprint density at radius 3 is 2.62 bits per heavy atom. The predicted octanol–water partition coefficient (Wildman–Crippen LogP) is 3.44. The highest BCUT2D eigenvalue weighted by Crippen LogP contribution is 2.26. The number of anilines is 1. The number of hydrogen-bond donors (Lipinski definition) is 2. The fourth-order valence-electron chi connectivity index (χ4n) is 2.32. The zero-order chi connectivity index (χ0) is 16.5. The van der Waals surface area contributed by atoms with E-state index in [1.54, 1.807) is 0 Å². The van der Waals surface area contributed by atoms with E-state index in [9.17, 15) is 9.90 Å². The Labute approximate surface area is 141 Å². The molecule has 0 aliphatic rings. The maximum Gasteiger partial charge on any atom is 0.281 e. The molecule has 0 saturated heterocycles. The van der Waals surface area contributed by atoms with E-state index >= 15 is 0 Å². The van der Waals surface area contributed by atoms with Crippen molar-refractivity contribution in [2.75, 3.05) is 5.32 Å². The number of carbonyl (C=O) groups is 1. The first kappa shape index (κ1) is 14.4. The highest BCUT2D eigenvalue weighted by Gasteiger charge is 2.18. The van der Waals surface area contributed by atoms with Crippen molar-refractivity contribution < 1.29 is 9.90 Å². The Morgan fingerprint density at radius 2 is 1.83 bits per heavy atom. The first-order chi connectivity index (χ1) is 11.7. The highest BCUT2D eigenvalue weighted by molar-refractivity contribution is 7.22. The lowest BCUT2D eigenvalue weighted by atomic mass is 10.3. The first-order valence-corrected chi connectivity index (χ1v) is 8.03. The van der Waals surface area contributed by atoms with Crippen molar-refractivity contribution in [2.24, 2.45) is 0 Å². The van der Waals surface area contributed by atoms with Gasteiger partial charge in [-0.15, -0.1) is 0 Å². The Kier molecular flexibility index (Phi) is 3.47. The van der Waals surface area contributed by atoms with Crippen LogP contribution in [-0.4, -0.2) is 25.8 Å². The largest absolute Gasteiger partial charge is 0.504 e. The van der Waals surface area contributed by atoms with Gasteiger partial charge in [0.05, 0.1) is 22.1 Å². The van der Waals surface area contributed by atoms with Gasteiger partial charge in [0.15, 0.2) is 16.6 Å². The second-order valence-corrected chi connectivity index (χ2v) is 6.11. The number of fused-ring (bicyclic) bond motifs is 1. The molecule has 4 aromatic rings. The van der Waals surface area contributed by atoms with Crippen LogP contribution in [0.2, 0.25) is 0 Å². The number of amides is 1. The highest BCUT2D eigenvalue weighted by atomic mass is 32.1. The van der Waals surface area contributed by atoms with Gasteiger partial charge in [-0.25, -0.2) is 9.67 Å². The molecule has 2 heterocycles. The van der Waals surface area contributed by atoms with Gasteiger partial charge in [-0.2, -0.15) is 5.10 Å². The van der Waals surface area contributed by atoms with Gasteiger partial charge >= 0.3 is 0 Å². The van der Waals surface area contributed by atoms with Crippen molar-refractivity contribution in [3.8, 4) is 11.4 Å². The molecule has 2 aromatic heterocycles. The number of nitrogens with one attached hydrogen (secondary N) is 1. The van der Waals surface area contributed by atoms with Crippen molar-refractivity contribution in [2.45, 2.75) is 0 Å². The number of hydrogen-bond acceptors (Lipinski definition) is 5. The lowest BCUT2D eigenvalue weighted by molar-refractivity contribution is 0.101. The molecular weight excluding hydrogens is 324 g/mol. The smallest absolute Gasteiger partial charge is 0.281 e. The van der Waals surface area contributed by atoms with Crippen LogP contribution in [0, 0.1) is 0 Å². The summed E-state index contributed by atoms with van der Waals surface area (Å²) in [6.07, 6.45) is 1.41. The van der Waals surface area contributed by atoms with Crippen molar-refractivity contribution >= 4 is 32.6 Å². The third-order valence-corrected chi connectivity index (χ3v) is 4.40. The molecule has 0 radical (unpaired) electrons. The van der Waals surface area contributed by atoms with E-state index in [1.807, 2.05) is 54.6 Å². The van der Waals surface area contributed by atoms with Crippen LogP contribution in [-0.2, 0) is 0 Å². The average molecular weight is 336 g/mol. The minimum absolute atomic E-state index is 0.0434. The average Bonchev–Trinajstić information content (AvgIpc) is 3.18. The van der Waals surface area contributed by atoms with E-state index in [2.05, 4.69) is 15.4 Å². The molecule has 4 rings (SSSR count). The van der Waals surface area contributed by atoms with Crippen LogP contribution in [0.4, 0.5) is 5.13 Å². The van der Waals surface area contributed by atoms with Crippen molar-refractivity contribution in [1.29, 1.82) is 0 Å². The van der Waals surface area contributed by atoms with E-state index in [0.29, 0.717) is 5.13 Å². The molecule has 1 amide bonds. The number of thiazole rings is 1. The second-order valence-electron chi connectivity index (χ2n) is 5.08. The number of carbonyl (C=O) groups excluding carboxylic acids is 1. The standard InChI is InChI=1S/C17H12N4O2S/c22-13-10-21(11-6-2-1-3-7-11)20-15(13)16(23)19-17-18-12-8-4-5-9-14(12)24-17/h1-10,22H,(H,18,19,23). The number of rotatable bonds is 3. The fraction of sp³-hybridized carbons (Fsp3) is 0. The quantitative estimate of drug-likeness (QED) is 0.600. The number of nitrogens with zero attached hydrogens (tertiary/aromatic N) is 3. The molecule has 0 bridgehead atoms. The molecule has 0 aliphatic carbocycles. The summed E-state index contributed by atoms with van der Waals surface area (Å²) in [5.74, 6) is -0.682. The van der Waals surface area contributed by atoms with E-state index < -0.39 is 5.91 Å². The zero-order valence-electron chi connectivity index (χ0n) is 12.4. The van der Waals surface area contributed by atoms with Crippen LogP contribution in [0.3, 0.4) is 0 Å². The van der Waals surface area contributed by atoms with Crippen LogP contribution in [0.5, 0.6) is 5.75 Å². The minimum Gasteiger partial charge on any atom is -0.504 e.